The van der Waals surface area contributed by atoms with Crippen LogP contribution in [0.3, 0.4) is 0 Å². The number of aryl methyl sites for hydroxylation is 2. The fourth-order valence-electron chi connectivity index (χ4n) is 0.942. The lowest BCUT2D eigenvalue weighted by Crippen LogP contribution is -1.77. The minimum Gasteiger partial charge on any atom is -0.135 e. The van der Waals surface area contributed by atoms with Crippen molar-refractivity contribution in [3.8, 4) is 0 Å². The van der Waals surface area contributed by atoms with Crippen molar-refractivity contribution in [2.45, 2.75) is 34.6 Å². The molecule has 1 rings (SSSR count). The van der Waals surface area contributed by atoms with Crippen LogP contribution in [-0.4, -0.2) is 5.75 Å². The first kappa shape index (κ1) is 16.7. The molecule has 0 amide bonds. The summed E-state index contributed by atoms with van der Waals surface area (Å²) in [6.45, 7) is 9.90. The Kier molecular flexibility index (Phi) is 12.7. The van der Waals surface area contributed by atoms with Crippen molar-refractivity contribution in [2.24, 2.45) is 0 Å². The van der Waals surface area contributed by atoms with Crippen molar-refractivity contribution in [3.63, 3.8) is 0 Å². The van der Waals surface area contributed by atoms with Gasteiger partial charge in [-0.1, -0.05) is 57.7 Å². The molecular weight excluding hydrogens is 200 g/mol. The zero-order valence-corrected chi connectivity index (χ0v) is 10.2. The molecule has 1 heteroatoms. The minimum absolute atomic E-state index is 0. The van der Waals surface area contributed by atoms with Gasteiger partial charge in [-0.3, -0.25) is 0 Å². The van der Waals surface area contributed by atoms with Crippen LogP contribution in [0.15, 0.2) is 36.3 Å². The van der Waals surface area contributed by atoms with E-state index in [4.69, 9.17) is 0 Å². The molecule has 0 nitrogen and oxygen atoms in total. The van der Waals surface area contributed by atoms with Crippen LogP contribution in [0.5, 0.6) is 0 Å². The van der Waals surface area contributed by atoms with E-state index in [1.807, 2.05) is 5.41 Å². The number of thioether (sulfide) groups is 1. The maximum atomic E-state index is 3.51. The monoisotopic (exact) mass is 224 g/mol. The highest BCUT2D eigenvalue weighted by Gasteiger charge is 1.84. The van der Waals surface area contributed by atoms with Gasteiger partial charge in [-0.05, 0) is 30.1 Å². The summed E-state index contributed by atoms with van der Waals surface area (Å²) in [7, 11) is 0. The first-order chi connectivity index (χ1) is 6.74. The van der Waals surface area contributed by atoms with Gasteiger partial charge in [0.15, 0.2) is 0 Å². The van der Waals surface area contributed by atoms with E-state index in [0.717, 1.165) is 12.2 Å². The predicted octanol–water partition coefficient (Wildman–Crippen LogP) is 5.08. The molecule has 0 aliphatic carbocycles. The van der Waals surface area contributed by atoms with Crippen LogP contribution in [-0.2, 0) is 6.42 Å². The molecule has 0 bridgehead atoms. The van der Waals surface area contributed by atoms with E-state index in [9.17, 15) is 0 Å². The zero-order chi connectivity index (χ0) is 10.8. The van der Waals surface area contributed by atoms with Gasteiger partial charge in [-0.25, -0.2) is 0 Å². The molecule has 0 heterocycles. The van der Waals surface area contributed by atoms with Crippen LogP contribution in [0.2, 0.25) is 0 Å². The highest BCUT2D eigenvalue weighted by molar-refractivity contribution is 8.02. The summed E-state index contributed by atoms with van der Waals surface area (Å²) in [6.07, 6.45) is 1.14. The standard InChI is InChI=1S/C9H12.C4H8S.CH4/c1-3-9-6-4-8(2)5-7-9;1-3-5-4-2;/h4-7H,3H2,1-2H3;3H,1,4H2,2H3;1H4. The third-order valence-corrected chi connectivity index (χ3v) is 2.38. The Labute approximate surface area is 99.8 Å². The normalized spacial score (nSPS) is 8.20. The smallest absolute Gasteiger partial charge is 0.00547 e. The number of hydrogen-bond acceptors (Lipinski definition) is 1. The Morgan fingerprint density at radius 3 is 2.00 bits per heavy atom. The molecule has 0 saturated carbocycles. The zero-order valence-electron chi connectivity index (χ0n) is 9.42. The molecule has 0 aliphatic heterocycles. The Morgan fingerprint density at radius 1 is 1.20 bits per heavy atom. The van der Waals surface area contributed by atoms with E-state index < -0.39 is 0 Å². The SMILES string of the molecule is C.C=CSCC.CCc1ccc(C)cc1. The third kappa shape index (κ3) is 9.61. The Balaban J connectivity index is 0. The quantitative estimate of drug-likeness (QED) is 0.690. The summed E-state index contributed by atoms with van der Waals surface area (Å²) >= 11 is 1.73. The summed E-state index contributed by atoms with van der Waals surface area (Å²) in [4.78, 5) is 0. The van der Waals surface area contributed by atoms with E-state index >= 15 is 0 Å². The molecule has 0 N–H and O–H groups in total. The lowest BCUT2D eigenvalue weighted by Gasteiger charge is -1.94. The second kappa shape index (κ2) is 11.4. The van der Waals surface area contributed by atoms with Gasteiger partial charge in [-0.15, -0.1) is 11.8 Å². The Morgan fingerprint density at radius 2 is 1.73 bits per heavy atom. The first-order valence-corrected chi connectivity index (χ1v) is 6.07. The molecule has 1 aromatic carbocycles. The number of rotatable bonds is 3. The highest BCUT2D eigenvalue weighted by Crippen LogP contribution is 2.02. The number of benzene rings is 1. The maximum absolute atomic E-state index is 3.51. The molecule has 0 aliphatic rings. The molecule has 0 saturated heterocycles. The van der Waals surface area contributed by atoms with Gasteiger partial charge in [0.05, 0.1) is 0 Å². The summed E-state index contributed by atoms with van der Waals surface area (Å²) < 4.78 is 0. The van der Waals surface area contributed by atoms with E-state index in [1.165, 1.54) is 11.1 Å². The van der Waals surface area contributed by atoms with E-state index in [0.29, 0.717) is 0 Å². The summed E-state index contributed by atoms with van der Waals surface area (Å²) in [5, 5.41) is 1.85. The molecule has 0 radical (unpaired) electrons. The van der Waals surface area contributed by atoms with Crippen LogP contribution < -0.4 is 0 Å². The lowest BCUT2D eigenvalue weighted by molar-refractivity contribution is 1.14. The third-order valence-electron chi connectivity index (χ3n) is 1.81. The van der Waals surface area contributed by atoms with Gasteiger partial charge in [0.25, 0.3) is 0 Å². The Bertz CT molecular complexity index is 236. The van der Waals surface area contributed by atoms with Crippen molar-refractivity contribution in [1.82, 2.24) is 0 Å². The van der Waals surface area contributed by atoms with Crippen molar-refractivity contribution in [3.05, 3.63) is 47.4 Å². The molecule has 0 atom stereocenters. The van der Waals surface area contributed by atoms with Crippen LogP contribution in [0.4, 0.5) is 0 Å². The second-order valence-corrected chi connectivity index (χ2v) is 4.21. The van der Waals surface area contributed by atoms with Crippen LogP contribution >= 0.6 is 11.8 Å². The van der Waals surface area contributed by atoms with Gasteiger partial charge < -0.3 is 0 Å². The van der Waals surface area contributed by atoms with E-state index in [1.54, 1.807) is 11.8 Å². The first-order valence-electron chi connectivity index (χ1n) is 5.02. The van der Waals surface area contributed by atoms with Gasteiger partial charge in [0.1, 0.15) is 0 Å². The van der Waals surface area contributed by atoms with Gasteiger partial charge >= 0.3 is 0 Å². The molecule has 0 unspecified atom stereocenters. The second-order valence-electron chi connectivity index (χ2n) is 2.96. The lowest BCUT2D eigenvalue weighted by atomic mass is 10.1. The minimum atomic E-state index is 0. The fraction of sp³-hybridized carbons (Fsp3) is 0.429. The molecule has 86 valence electrons. The fourth-order valence-corrected chi connectivity index (χ4v) is 1.18. The van der Waals surface area contributed by atoms with E-state index in [2.05, 4.69) is 51.6 Å². The number of hydrogen-bond donors (Lipinski definition) is 0. The van der Waals surface area contributed by atoms with Crippen LogP contribution in [0.1, 0.15) is 32.4 Å². The van der Waals surface area contributed by atoms with E-state index in [-0.39, 0.29) is 7.43 Å². The van der Waals surface area contributed by atoms with Crippen molar-refractivity contribution >= 4 is 11.8 Å². The average Bonchev–Trinajstić information content (AvgIpc) is 2.21. The molecule has 1 aromatic rings. The summed E-state index contributed by atoms with van der Waals surface area (Å²) in [5.41, 5.74) is 2.76. The summed E-state index contributed by atoms with van der Waals surface area (Å²) in [6, 6.07) is 8.66. The molecule has 0 aromatic heterocycles. The Hall–Kier alpha value is -0.690. The van der Waals surface area contributed by atoms with Gasteiger partial charge in [0.2, 0.25) is 0 Å². The van der Waals surface area contributed by atoms with Crippen molar-refractivity contribution in [1.29, 1.82) is 0 Å². The largest absolute Gasteiger partial charge is 0.135 e. The van der Waals surface area contributed by atoms with Crippen molar-refractivity contribution < 1.29 is 0 Å². The average molecular weight is 224 g/mol. The van der Waals surface area contributed by atoms with Crippen molar-refractivity contribution in [2.75, 3.05) is 5.75 Å². The molecule has 0 spiro atoms. The van der Waals surface area contributed by atoms with Gasteiger partial charge in [-0.2, -0.15) is 0 Å². The topological polar surface area (TPSA) is 0 Å². The van der Waals surface area contributed by atoms with Crippen LogP contribution in [0, 0.1) is 6.92 Å². The predicted molar refractivity (Wildman–Crippen MR) is 75.6 cm³/mol. The van der Waals surface area contributed by atoms with Gasteiger partial charge in [0, 0.05) is 0 Å². The van der Waals surface area contributed by atoms with Crippen LogP contribution in [0.25, 0.3) is 0 Å². The summed E-state index contributed by atoms with van der Waals surface area (Å²) in [5.74, 6) is 1.14. The highest BCUT2D eigenvalue weighted by atomic mass is 32.2. The molecule has 0 fully saturated rings. The maximum Gasteiger partial charge on any atom is -0.00547 e. The molecule has 15 heavy (non-hydrogen) atoms. The molecular formula is C14H24S.